The van der Waals surface area contributed by atoms with Crippen molar-refractivity contribution in [3.63, 3.8) is 0 Å². The fourth-order valence-corrected chi connectivity index (χ4v) is 2.59. The van der Waals surface area contributed by atoms with Gasteiger partial charge >= 0.3 is 0 Å². The maximum absolute atomic E-state index is 9.05. The first-order chi connectivity index (χ1) is 6.78. The van der Waals surface area contributed by atoms with Crippen LogP contribution in [0.3, 0.4) is 0 Å². The van der Waals surface area contributed by atoms with Gasteiger partial charge in [0.15, 0.2) is 0 Å². The molecular weight excluding hydrogens is 244 g/mol. The van der Waals surface area contributed by atoms with Crippen molar-refractivity contribution in [1.29, 1.82) is 0 Å². The molecule has 1 fully saturated rings. The molecule has 1 aliphatic rings. The molecule has 1 aliphatic heterocycles. The molecule has 2 rings (SSSR count). The normalized spacial score (nSPS) is 19.0. The minimum atomic E-state index is 0.0366. The van der Waals surface area contributed by atoms with Crippen LogP contribution in [0.4, 0.5) is 0 Å². The molecule has 0 bridgehead atoms. The summed E-state index contributed by atoms with van der Waals surface area (Å²) < 4.78 is 6.38. The van der Waals surface area contributed by atoms with Crippen LogP contribution in [0.25, 0.3) is 0 Å². The second kappa shape index (κ2) is 4.01. The molecular formula is C11H13BrO2. The fraction of sp³-hybridized carbons (Fsp3) is 0.455. The quantitative estimate of drug-likeness (QED) is 0.898. The van der Waals surface area contributed by atoms with Gasteiger partial charge in [-0.3, -0.25) is 0 Å². The third-order valence-corrected chi connectivity index (χ3v) is 3.48. The summed E-state index contributed by atoms with van der Waals surface area (Å²) in [5.41, 5.74) is 1.29. The van der Waals surface area contributed by atoms with E-state index in [0.29, 0.717) is 0 Å². The largest absolute Gasteiger partial charge is 0.396 e. The van der Waals surface area contributed by atoms with E-state index < -0.39 is 0 Å². The van der Waals surface area contributed by atoms with Crippen LogP contribution in [0.15, 0.2) is 28.7 Å². The van der Waals surface area contributed by atoms with Crippen LogP contribution in [-0.4, -0.2) is 24.9 Å². The first-order valence-electron chi connectivity index (χ1n) is 4.72. The van der Waals surface area contributed by atoms with E-state index in [2.05, 4.69) is 22.0 Å². The molecule has 1 saturated heterocycles. The van der Waals surface area contributed by atoms with Crippen LogP contribution in [0.5, 0.6) is 0 Å². The maximum Gasteiger partial charge on any atom is 0.0586 e. The summed E-state index contributed by atoms with van der Waals surface area (Å²) in [6.07, 6.45) is 0.773. The summed E-state index contributed by atoms with van der Waals surface area (Å²) in [6.45, 7) is 1.65. The molecule has 0 amide bonds. The van der Waals surface area contributed by atoms with Crippen molar-refractivity contribution in [3.8, 4) is 0 Å². The van der Waals surface area contributed by atoms with Gasteiger partial charge in [0.05, 0.1) is 13.2 Å². The van der Waals surface area contributed by atoms with E-state index in [1.54, 1.807) is 0 Å². The highest BCUT2D eigenvalue weighted by Gasteiger charge is 2.40. The Labute approximate surface area is 92.0 Å². The maximum atomic E-state index is 9.05. The predicted molar refractivity (Wildman–Crippen MR) is 58.3 cm³/mol. The Morgan fingerprint density at radius 3 is 2.57 bits per heavy atom. The highest BCUT2D eigenvalue weighted by Crippen LogP contribution is 2.39. The molecule has 1 aromatic rings. The Morgan fingerprint density at radius 1 is 1.36 bits per heavy atom. The third-order valence-electron chi connectivity index (χ3n) is 2.79. The Kier molecular flexibility index (Phi) is 2.91. The molecule has 1 aromatic carbocycles. The Morgan fingerprint density at radius 2 is 2.07 bits per heavy atom. The molecule has 1 heterocycles. The highest BCUT2D eigenvalue weighted by molar-refractivity contribution is 9.10. The Hall–Kier alpha value is -0.380. The van der Waals surface area contributed by atoms with Crippen LogP contribution >= 0.6 is 15.9 Å². The molecule has 2 nitrogen and oxygen atoms in total. The lowest BCUT2D eigenvalue weighted by atomic mass is 9.76. The number of halogens is 1. The lowest BCUT2D eigenvalue weighted by Gasteiger charge is -2.42. The molecule has 0 unspecified atom stereocenters. The molecule has 0 radical (unpaired) electrons. The van der Waals surface area contributed by atoms with E-state index in [0.717, 1.165) is 24.1 Å². The van der Waals surface area contributed by atoms with Gasteiger partial charge in [-0.1, -0.05) is 34.1 Å². The third kappa shape index (κ3) is 1.60. The molecule has 1 N–H and O–H groups in total. The zero-order valence-electron chi connectivity index (χ0n) is 7.87. The second-order valence-corrected chi connectivity index (χ2v) is 4.58. The monoisotopic (exact) mass is 256 g/mol. The van der Waals surface area contributed by atoms with Crippen LogP contribution < -0.4 is 0 Å². The van der Waals surface area contributed by atoms with E-state index in [-0.39, 0.29) is 12.0 Å². The van der Waals surface area contributed by atoms with Crippen molar-refractivity contribution in [1.82, 2.24) is 0 Å². The van der Waals surface area contributed by atoms with Gasteiger partial charge in [-0.25, -0.2) is 0 Å². The summed E-state index contributed by atoms with van der Waals surface area (Å²) in [5, 5.41) is 9.05. The molecule has 0 atom stereocenters. The van der Waals surface area contributed by atoms with Gasteiger partial charge < -0.3 is 9.84 Å². The number of hydrogen-bond acceptors (Lipinski definition) is 2. The van der Waals surface area contributed by atoms with Gasteiger partial charge in [0.25, 0.3) is 0 Å². The lowest BCUT2D eigenvalue weighted by molar-refractivity contribution is -0.0704. The molecule has 0 aliphatic carbocycles. The van der Waals surface area contributed by atoms with Gasteiger partial charge in [0.2, 0.25) is 0 Å². The minimum Gasteiger partial charge on any atom is -0.396 e. The molecule has 14 heavy (non-hydrogen) atoms. The number of aliphatic hydroxyl groups is 1. The molecule has 0 spiro atoms. The van der Waals surface area contributed by atoms with E-state index in [1.807, 2.05) is 18.2 Å². The lowest BCUT2D eigenvalue weighted by Crippen LogP contribution is -2.47. The molecule has 0 saturated carbocycles. The average Bonchev–Trinajstić information content (AvgIpc) is 2.13. The number of aliphatic hydroxyl groups excluding tert-OH is 1. The summed E-state index contributed by atoms with van der Waals surface area (Å²) >= 11 is 3.54. The van der Waals surface area contributed by atoms with Gasteiger partial charge in [0.1, 0.15) is 0 Å². The Bertz CT molecular complexity index is 321. The number of hydrogen-bond donors (Lipinski definition) is 1. The highest BCUT2D eigenvalue weighted by atomic mass is 79.9. The van der Waals surface area contributed by atoms with Crippen molar-refractivity contribution >= 4 is 15.9 Å². The molecule has 0 aromatic heterocycles. The summed E-state index contributed by atoms with van der Waals surface area (Å²) in [7, 11) is 0. The zero-order chi connectivity index (χ0) is 10.0. The van der Waals surface area contributed by atoms with E-state index in [4.69, 9.17) is 9.84 Å². The number of ether oxygens (including phenoxy) is 1. The zero-order valence-corrected chi connectivity index (χ0v) is 9.46. The van der Waals surface area contributed by atoms with E-state index >= 15 is 0 Å². The molecule has 76 valence electrons. The topological polar surface area (TPSA) is 29.5 Å². The van der Waals surface area contributed by atoms with Gasteiger partial charge in [0, 0.05) is 16.5 Å². The van der Waals surface area contributed by atoms with E-state index in [9.17, 15) is 0 Å². The second-order valence-electron chi connectivity index (χ2n) is 3.73. The minimum absolute atomic E-state index is 0.0366. The van der Waals surface area contributed by atoms with Crippen LogP contribution in [0.1, 0.15) is 12.0 Å². The van der Waals surface area contributed by atoms with Crippen LogP contribution in [0.2, 0.25) is 0 Å². The van der Waals surface area contributed by atoms with Crippen LogP contribution in [0, 0.1) is 0 Å². The van der Waals surface area contributed by atoms with Crippen LogP contribution in [-0.2, 0) is 10.2 Å². The first kappa shape index (κ1) is 10.1. The first-order valence-corrected chi connectivity index (χ1v) is 5.51. The standard InChI is InChI=1S/C11H13BrO2/c12-10-4-2-1-3-9(10)11(5-6-13)7-14-8-11/h1-4,13H,5-8H2. The fourth-order valence-electron chi connectivity index (χ4n) is 1.89. The van der Waals surface area contributed by atoms with Crippen molar-refractivity contribution in [2.45, 2.75) is 11.8 Å². The SMILES string of the molecule is OCCC1(c2ccccc2Br)COC1. The van der Waals surface area contributed by atoms with Crippen molar-refractivity contribution in [2.24, 2.45) is 0 Å². The predicted octanol–water partition coefficient (Wildman–Crippen LogP) is 2.10. The van der Waals surface area contributed by atoms with Crippen molar-refractivity contribution in [2.75, 3.05) is 19.8 Å². The molecule has 3 heteroatoms. The summed E-state index contributed by atoms with van der Waals surface area (Å²) in [6, 6.07) is 8.16. The summed E-state index contributed by atoms with van der Waals surface area (Å²) in [5.74, 6) is 0. The smallest absolute Gasteiger partial charge is 0.0586 e. The summed E-state index contributed by atoms with van der Waals surface area (Å²) in [4.78, 5) is 0. The van der Waals surface area contributed by atoms with Gasteiger partial charge in [-0.15, -0.1) is 0 Å². The van der Waals surface area contributed by atoms with Gasteiger partial charge in [-0.05, 0) is 18.1 Å². The van der Waals surface area contributed by atoms with Gasteiger partial charge in [-0.2, -0.15) is 0 Å². The average molecular weight is 257 g/mol. The Balaban J connectivity index is 2.32. The van der Waals surface area contributed by atoms with E-state index in [1.165, 1.54) is 5.56 Å². The number of benzene rings is 1. The van der Waals surface area contributed by atoms with Crippen molar-refractivity contribution in [3.05, 3.63) is 34.3 Å². The number of rotatable bonds is 3. The van der Waals surface area contributed by atoms with Crippen molar-refractivity contribution < 1.29 is 9.84 Å².